The zero-order valence-corrected chi connectivity index (χ0v) is 38.1. The minimum atomic E-state index is -4.32. The molecule has 9 heteroatoms. The standard InChI is InChI=1S/C46H93N2O6P/c1-6-8-10-12-14-15-16-17-18-19-20-21-22-23-24-25-26-27-28-29-30-31-32-33-34-36-38-40-46(50)47-44(45(49)39-37-35-13-11-9-7-2)43-54-55(51,52)53-42-41-48(3,4)5/h37,39,44-45,49H,6-36,38,40-43H2,1-5H3,(H-,47,50,51,52)/p+1/b39-37+. The van der Waals surface area contributed by atoms with Crippen LogP contribution in [0.1, 0.15) is 226 Å². The maximum absolute atomic E-state index is 12.8. The highest BCUT2D eigenvalue weighted by atomic mass is 31.2. The molecule has 3 atom stereocenters. The normalized spacial score (nSPS) is 14.4. The molecule has 1 amide bonds. The summed E-state index contributed by atoms with van der Waals surface area (Å²) in [6.45, 7) is 4.75. The zero-order valence-electron chi connectivity index (χ0n) is 37.2. The molecule has 0 saturated carbocycles. The first-order chi connectivity index (χ1) is 26.5. The van der Waals surface area contributed by atoms with Crippen molar-refractivity contribution in [3.63, 3.8) is 0 Å². The van der Waals surface area contributed by atoms with Crippen molar-refractivity contribution < 1.29 is 32.9 Å². The second kappa shape index (κ2) is 38.7. The lowest BCUT2D eigenvalue weighted by Crippen LogP contribution is -2.45. The SMILES string of the molecule is CCCCCC/C=C/C(O)C(COP(=O)(O)OCC[N+](C)(C)C)NC(=O)CCCCCCCCCCCCCCCCCCCCCCCCCCCCC. The summed E-state index contributed by atoms with van der Waals surface area (Å²) in [6, 6.07) is -0.837. The molecule has 0 aromatic rings. The van der Waals surface area contributed by atoms with Crippen molar-refractivity contribution in [1.82, 2.24) is 5.32 Å². The van der Waals surface area contributed by atoms with E-state index >= 15 is 0 Å². The quantitative estimate of drug-likeness (QED) is 0.0245. The van der Waals surface area contributed by atoms with Crippen molar-refractivity contribution in [3.05, 3.63) is 12.2 Å². The minimum absolute atomic E-state index is 0.0636. The molecule has 3 N–H and O–H groups in total. The van der Waals surface area contributed by atoms with Crippen molar-refractivity contribution >= 4 is 13.7 Å². The fourth-order valence-electron chi connectivity index (χ4n) is 6.98. The molecule has 0 aromatic carbocycles. The van der Waals surface area contributed by atoms with E-state index in [1.807, 2.05) is 27.2 Å². The van der Waals surface area contributed by atoms with Crippen LogP contribution < -0.4 is 5.32 Å². The molecule has 0 rings (SSSR count). The second-order valence-electron chi connectivity index (χ2n) is 17.5. The van der Waals surface area contributed by atoms with Gasteiger partial charge in [0.05, 0.1) is 39.9 Å². The molecule has 8 nitrogen and oxygen atoms in total. The number of likely N-dealkylation sites (N-methyl/N-ethyl adjacent to an activating group) is 1. The molecule has 0 aromatic heterocycles. The summed E-state index contributed by atoms with van der Waals surface area (Å²) in [7, 11) is 1.58. The first-order valence-corrected chi connectivity index (χ1v) is 25.1. The summed E-state index contributed by atoms with van der Waals surface area (Å²) in [5.74, 6) is -0.178. The Balaban J connectivity index is 3.92. The lowest BCUT2D eigenvalue weighted by atomic mass is 10.0. The van der Waals surface area contributed by atoms with Crippen LogP contribution in [0.4, 0.5) is 0 Å². The Labute approximate surface area is 342 Å². The number of allylic oxidation sites excluding steroid dienone is 1. The van der Waals surface area contributed by atoms with Crippen molar-refractivity contribution in [3.8, 4) is 0 Å². The van der Waals surface area contributed by atoms with Crippen LogP contribution in [0.2, 0.25) is 0 Å². The summed E-state index contributed by atoms with van der Waals surface area (Å²) in [5.41, 5.74) is 0. The van der Waals surface area contributed by atoms with Crippen molar-refractivity contribution in [1.29, 1.82) is 0 Å². The number of hydrogen-bond acceptors (Lipinski definition) is 5. The summed E-state index contributed by atoms with van der Waals surface area (Å²) in [4.78, 5) is 23.0. The Hall–Kier alpha value is -0.760. The molecule has 0 heterocycles. The Morgan fingerprint density at radius 3 is 1.35 bits per heavy atom. The van der Waals surface area contributed by atoms with E-state index < -0.39 is 20.0 Å². The van der Waals surface area contributed by atoms with Gasteiger partial charge in [-0.1, -0.05) is 212 Å². The number of nitrogens with one attached hydrogen (secondary N) is 1. The van der Waals surface area contributed by atoms with Crippen LogP contribution in [0.25, 0.3) is 0 Å². The molecule has 0 fully saturated rings. The number of phosphoric acid groups is 1. The topological polar surface area (TPSA) is 105 Å². The van der Waals surface area contributed by atoms with E-state index in [0.29, 0.717) is 17.4 Å². The van der Waals surface area contributed by atoms with Gasteiger partial charge in [-0.05, 0) is 19.3 Å². The molecule has 3 unspecified atom stereocenters. The van der Waals surface area contributed by atoms with Gasteiger partial charge in [0.2, 0.25) is 5.91 Å². The third-order valence-corrected chi connectivity index (χ3v) is 11.7. The van der Waals surface area contributed by atoms with Gasteiger partial charge < -0.3 is 19.8 Å². The Kier molecular flexibility index (Phi) is 38.2. The van der Waals surface area contributed by atoms with Crippen LogP contribution in [0.3, 0.4) is 0 Å². The molecule has 0 aliphatic rings. The Morgan fingerprint density at radius 1 is 0.600 bits per heavy atom. The van der Waals surface area contributed by atoms with E-state index in [4.69, 9.17) is 9.05 Å². The maximum Gasteiger partial charge on any atom is 0.472 e. The Morgan fingerprint density at radius 2 is 0.964 bits per heavy atom. The fraction of sp³-hybridized carbons (Fsp3) is 0.935. The third kappa shape index (κ3) is 41.2. The molecule has 0 radical (unpaired) electrons. The van der Waals surface area contributed by atoms with Gasteiger partial charge in [0, 0.05) is 6.42 Å². The summed E-state index contributed by atoms with van der Waals surface area (Å²) < 4.78 is 23.4. The number of rotatable bonds is 43. The van der Waals surface area contributed by atoms with Gasteiger partial charge in [0.15, 0.2) is 0 Å². The highest BCUT2D eigenvalue weighted by Gasteiger charge is 2.27. The number of aliphatic hydroxyl groups is 1. The zero-order chi connectivity index (χ0) is 40.7. The van der Waals surface area contributed by atoms with E-state index in [2.05, 4.69) is 19.2 Å². The lowest BCUT2D eigenvalue weighted by Gasteiger charge is -2.25. The third-order valence-electron chi connectivity index (χ3n) is 10.8. The van der Waals surface area contributed by atoms with Gasteiger partial charge in [-0.15, -0.1) is 0 Å². The fourth-order valence-corrected chi connectivity index (χ4v) is 7.72. The smallest absolute Gasteiger partial charge is 0.387 e. The average Bonchev–Trinajstić information content (AvgIpc) is 3.13. The number of hydrogen-bond donors (Lipinski definition) is 3. The van der Waals surface area contributed by atoms with E-state index in [1.54, 1.807) is 6.08 Å². The monoisotopic (exact) mass is 802 g/mol. The van der Waals surface area contributed by atoms with Gasteiger partial charge in [-0.3, -0.25) is 13.8 Å². The number of carbonyl (C=O) groups excluding carboxylic acids is 1. The predicted octanol–water partition coefficient (Wildman–Crippen LogP) is 13.1. The van der Waals surface area contributed by atoms with Gasteiger partial charge >= 0.3 is 7.82 Å². The highest BCUT2D eigenvalue weighted by molar-refractivity contribution is 7.47. The van der Waals surface area contributed by atoms with E-state index in [0.717, 1.165) is 44.9 Å². The molecule has 55 heavy (non-hydrogen) atoms. The van der Waals surface area contributed by atoms with Crippen LogP contribution in [-0.2, 0) is 18.4 Å². The molecule has 328 valence electrons. The number of aliphatic hydroxyl groups excluding tert-OH is 1. The van der Waals surface area contributed by atoms with Gasteiger partial charge in [0.25, 0.3) is 0 Å². The first kappa shape index (κ1) is 54.2. The number of quaternary nitrogens is 1. The molecule has 0 aliphatic heterocycles. The van der Waals surface area contributed by atoms with Crippen LogP contribution in [0, 0.1) is 0 Å². The van der Waals surface area contributed by atoms with Crippen molar-refractivity contribution in [2.24, 2.45) is 0 Å². The molecule has 0 aliphatic carbocycles. The van der Waals surface area contributed by atoms with E-state index in [9.17, 15) is 19.4 Å². The molecular weight excluding hydrogens is 707 g/mol. The van der Waals surface area contributed by atoms with Crippen LogP contribution in [-0.4, -0.2) is 73.4 Å². The molecular formula is C46H94N2O6P+. The van der Waals surface area contributed by atoms with Crippen LogP contribution in [0.15, 0.2) is 12.2 Å². The summed E-state index contributed by atoms with van der Waals surface area (Å²) >= 11 is 0. The molecule has 0 spiro atoms. The van der Waals surface area contributed by atoms with Crippen LogP contribution >= 0.6 is 7.82 Å². The van der Waals surface area contributed by atoms with Crippen molar-refractivity contribution in [2.45, 2.75) is 238 Å². The highest BCUT2D eigenvalue weighted by Crippen LogP contribution is 2.43. The minimum Gasteiger partial charge on any atom is -0.387 e. The largest absolute Gasteiger partial charge is 0.472 e. The maximum atomic E-state index is 12.8. The predicted molar refractivity (Wildman–Crippen MR) is 235 cm³/mol. The number of carbonyl (C=O) groups is 1. The summed E-state index contributed by atoms with van der Waals surface area (Å²) in [5, 5.41) is 13.7. The van der Waals surface area contributed by atoms with Gasteiger partial charge in [0.1, 0.15) is 13.2 Å². The van der Waals surface area contributed by atoms with Crippen LogP contribution in [0.5, 0.6) is 0 Å². The summed E-state index contributed by atoms with van der Waals surface area (Å²) in [6.07, 6.45) is 44.8. The number of phosphoric ester groups is 1. The number of unbranched alkanes of at least 4 members (excludes halogenated alkanes) is 30. The number of amides is 1. The van der Waals surface area contributed by atoms with E-state index in [1.165, 1.54) is 161 Å². The lowest BCUT2D eigenvalue weighted by molar-refractivity contribution is -0.870. The first-order valence-electron chi connectivity index (χ1n) is 23.6. The molecule has 0 saturated heterocycles. The average molecular weight is 802 g/mol. The van der Waals surface area contributed by atoms with E-state index in [-0.39, 0.29) is 19.1 Å². The second-order valence-corrected chi connectivity index (χ2v) is 18.9. The molecule has 0 bridgehead atoms. The van der Waals surface area contributed by atoms with Gasteiger partial charge in [-0.2, -0.15) is 0 Å². The Bertz CT molecular complexity index is 911. The van der Waals surface area contributed by atoms with Gasteiger partial charge in [-0.25, -0.2) is 4.57 Å². The van der Waals surface area contributed by atoms with Crippen molar-refractivity contribution in [2.75, 3.05) is 40.9 Å². The number of nitrogens with zero attached hydrogens (tertiary/aromatic N) is 1.